The summed E-state index contributed by atoms with van der Waals surface area (Å²) in [6.45, 7) is 2.41. The van der Waals surface area contributed by atoms with Gasteiger partial charge < -0.3 is 14.6 Å². The molecule has 1 fully saturated rings. The van der Waals surface area contributed by atoms with E-state index in [1.807, 2.05) is 0 Å². The molecular formula is C6H9N3O2. The van der Waals surface area contributed by atoms with Crippen LogP contribution < -0.4 is 5.32 Å². The lowest BCUT2D eigenvalue weighted by molar-refractivity contribution is 0.0248. The molecule has 0 saturated carbocycles. The number of nitrogens with zero attached hydrogens (tertiary/aromatic N) is 2. The normalized spacial score (nSPS) is 25.3. The summed E-state index contributed by atoms with van der Waals surface area (Å²) in [4.78, 5) is 0. The molecule has 0 spiro atoms. The standard InChI is InChI=1S/C6H9N3O2/c1-2-10-6(3-7-1)5-4-11-9-8-5/h4,6-7H,1-3H2. The van der Waals surface area contributed by atoms with Gasteiger partial charge in [0.05, 0.1) is 6.61 Å². The van der Waals surface area contributed by atoms with Crippen LogP contribution in [0, 0.1) is 0 Å². The third kappa shape index (κ3) is 1.38. The number of hydrogen-bond acceptors (Lipinski definition) is 5. The van der Waals surface area contributed by atoms with Crippen molar-refractivity contribution in [3.8, 4) is 0 Å². The van der Waals surface area contributed by atoms with Gasteiger partial charge in [-0.3, -0.25) is 0 Å². The predicted octanol–water partition coefficient (Wildman–Crippen LogP) is -0.270. The van der Waals surface area contributed by atoms with E-state index in [1.165, 1.54) is 6.26 Å². The zero-order valence-corrected chi connectivity index (χ0v) is 5.99. The molecule has 0 radical (unpaired) electrons. The summed E-state index contributed by atoms with van der Waals surface area (Å²) in [6, 6.07) is 0. The second kappa shape index (κ2) is 2.98. The molecule has 2 rings (SSSR count). The van der Waals surface area contributed by atoms with Crippen molar-refractivity contribution in [2.24, 2.45) is 0 Å². The van der Waals surface area contributed by atoms with Crippen LogP contribution in [-0.2, 0) is 4.74 Å². The fourth-order valence-electron chi connectivity index (χ4n) is 1.07. The van der Waals surface area contributed by atoms with Crippen molar-refractivity contribution in [2.45, 2.75) is 6.10 Å². The zero-order chi connectivity index (χ0) is 7.52. The summed E-state index contributed by atoms with van der Waals surface area (Å²) in [5.74, 6) is 0. The van der Waals surface area contributed by atoms with Crippen LogP contribution in [0.1, 0.15) is 11.8 Å². The van der Waals surface area contributed by atoms with Gasteiger partial charge in [-0.1, -0.05) is 0 Å². The largest absolute Gasteiger partial charge is 0.369 e. The molecular weight excluding hydrogens is 146 g/mol. The van der Waals surface area contributed by atoms with E-state index in [0.717, 1.165) is 25.4 Å². The van der Waals surface area contributed by atoms with Crippen LogP contribution in [0.2, 0.25) is 0 Å². The molecule has 1 saturated heterocycles. The molecule has 1 aliphatic heterocycles. The Morgan fingerprint density at radius 1 is 1.64 bits per heavy atom. The Labute approximate surface area is 63.7 Å². The summed E-state index contributed by atoms with van der Waals surface area (Å²) in [5.41, 5.74) is 0.761. The lowest BCUT2D eigenvalue weighted by Crippen LogP contribution is -2.33. The summed E-state index contributed by atoms with van der Waals surface area (Å²) >= 11 is 0. The maximum Gasteiger partial charge on any atom is 0.150 e. The van der Waals surface area contributed by atoms with Gasteiger partial charge in [0, 0.05) is 18.4 Å². The first-order valence-electron chi connectivity index (χ1n) is 3.56. The molecule has 1 unspecified atom stereocenters. The Morgan fingerprint density at radius 3 is 3.27 bits per heavy atom. The number of hydrogen-bond donors (Lipinski definition) is 1. The molecule has 5 heteroatoms. The lowest BCUT2D eigenvalue weighted by atomic mass is 10.2. The van der Waals surface area contributed by atoms with Crippen LogP contribution in [-0.4, -0.2) is 30.1 Å². The van der Waals surface area contributed by atoms with Gasteiger partial charge in [0.15, 0.2) is 0 Å². The maximum absolute atomic E-state index is 5.40. The molecule has 0 aliphatic carbocycles. The van der Waals surface area contributed by atoms with Crippen LogP contribution in [0.15, 0.2) is 10.8 Å². The van der Waals surface area contributed by atoms with Crippen LogP contribution in [0.25, 0.3) is 0 Å². The Hall–Kier alpha value is -0.940. The first kappa shape index (κ1) is 6.75. The van der Waals surface area contributed by atoms with Gasteiger partial charge in [0.2, 0.25) is 0 Å². The molecule has 1 aromatic rings. The van der Waals surface area contributed by atoms with E-state index < -0.39 is 0 Å². The van der Waals surface area contributed by atoms with Crippen molar-refractivity contribution in [1.82, 2.24) is 15.7 Å². The van der Waals surface area contributed by atoms with Crippen LogP contribution >= 0.6 is 0 Å². The average molecular weight is 155 g/mol. The molecule has 1 N–H and O–H groups in total. The highest BCUT2D eigenvalue weighted by molar-refractivity contribution is 4.96. The molecule has 1 atom stereocenters. The predicted molar refractivity (Wildman–Crippen MR) is 35.9 cm³/mol. The quantitative estimate of drug-likeness (QED) is 0.605. The number of morpholine rings is 1. The molecule has 2 heterocycles. The van der Waals surface area contributed by atoms with E-state index in [9.17, 15) is 0 Å². The highest BCUT2D eigenvalue weighted by Gasteiger charge is 2.18. The van der Waals surface area contributed by atoms with Crippen molar-refractivity contribution in [1.29, 1.82) is 0 Å². The van der Waals surface area contributed by atoms with E-state index in [2.05, 4.69) is 20.2 Å². The van der Waals surface area contributed by atoms with E-state index in [-0.39, 0.29) is 6.10 Å². The Kier molecular flexibility index (Phi) is 1.83. The van der Waals surface area contributed by atoms with Gasteiger partial charge in [-0.2, -0.15) is 0 Å². The summed E-state index contributed by atoms with van der Waals surface area (Å²) in [5, 5.41) is 10.3. The third-order valence-corrected chi connectivity index (χ3v) is 1.63. The Balaban J connectivity index is 2.04. The van der Waals surface area contributed by atoms with Gasteiger partial charge in [-0.25, -0.2) is 0 Å². The fraction of sp³-hybridized carbons (Fsp3) is 0.667. The topological polar surface area (TPSA) is 60.2 Å². The minimum atomic E-state index is 0.00926. The van der Waals surface area contributed by atoms with E-state index in [4.69, 9.17) is 4.74 Å². The molecule has 60 valence electrons. The van der Waals surface area contributed by atoms with Crippen molar-refractivity contribution in [2.75, 3.05) is 19.7 Å². The monoisotopic (exact) mass is 155 g/mol. The van der Waals surface area contributed by atoms with Gasteiger partial charge in [0.25, 0.3) is 0 Å². The average Bonchev–Trinajstić information content (AvgIpc) is 2.58. The lowest BCUT2D eigenvalue weighted by Gasteiger charge is -2.20. The first-order chi connectivity index (χ1) is 5.47. The Morgan fingerprint density at radius 2 is 2.64 bits per heavy atom. The van der Waals surface area contributed by atoms with Gasteiger partial charge in [0.1, 0.15) is 18.1 Å². The molecule has 1 aliphatic rings. The van der Waals surface area contributed by atoms with Crippen LogP contribution in [0.3, 0.4) is 0 Å². The van der Waals surface area contributed by atoms with E-state index >= 15 is 0 Å². The molecule has 5 nitrogen and oxygen atoms in total. The second-order valence-corrected chi connectivity index (χ2v) is 2.39. The van der Waals surface area contributed by atoms with Crippen molar-refractivity contribution < 1.29 is 9.26 Å². The second-order valence-electron chi connectivity index (χ2n) is 2.39. The number of aromatic nitrogens is 2. The third-order valence-electron chi connectivity index (χ3n) is 1.63. The maximum atomic E-state index is 5.40. The molecule has 1 aromatic heterocycles. The molecule has 0 bridgehead atoms. The Bertz CT molecular complexity index is 206. The van der Waals surface area contributed by atoms with Gasteiger partial charge in [-0.05, 0) is 0 Å². The summed E-state index contributed by atoms with van der Waals surface area (Å²) in [7, 11) is 0. The molecule has 0 aromatic carbocycles. The van der Waals surface area contributed by atoms with Crippen LogP contribution in [0.5, 0.6) is 0 Å². The molecule has 0 amide bonds. The fourth-order valence-corrected chi connectivity index (χ4v) is 1.07. The minimum Gasteiger partial charge on any atom is -0.369 e. The smallest absolute Gasteiger partial charge is 0.150 e. The van der Waals surface area contributed by atoms with Crippen LogP contribution in [0.4, 0.5) is 0 Å². The number of nitrogens with one attached hydrogen (secondary N) is 1. The van der Waals surface area contributed by atoms with Crippen molar-refractivity contribution in [3.05, 3.63) is 12.0 Å². The van der Waals surface area contributed by atoms with Crippen molar-refractivity contribution >= 4 is 0 Å². The number of ether oxygens (including phenoxy) is 1. The van der Waals surface area contributed by atoms with Gasteiger partial charge in [-0.15, -0.1) is 5.10 Å². The van der Waals surface area contributed by atoms with E-state index in [1.54, 1.807) is 0 Å². The highest BCUT2D eigenvalue weighted by Crippen LogP contribution is 2.14. The molecule has 11 heavy (non-hydrogen) atoms. The highest BCUT2D eigenvalue weighted by atomic mass is 16.5. The summed E-state index contributed by atoms with van der Waals surface area (Å²) < 4.78 is 10.00. The van der Waals surface area contributed by atoms with Gasteiger partial charge >= 0.3 is 0 Å². The minimum absolute atomic E-state index is 0.00926. The van der Waals surface area contributed by atoms with E-state index in [0.29, 0.717) is 0 Å². The first-order valence-corrected chi connectivity index (χ1v) is 3.56. The zero-order valence-electron chi connectivity index (χ0n) is 5.99. The SMILES string of the molecule is c1onnc1C1CNCCO1. The van der Waals surface area contributed by atoms with Crippen molar-refractivity contribution in [3.63, 3.8) is 0 Å². The summed E-state index contributed by atoms with van der Waals surface area (Å²) in [6.07, 6.45) is 1.52. The number of rotatable bonds is 1.